The van der Waals surface area contributed by atoms with Gasteiger partial charge in [0.25, 0.3) is 0 Å². The molecule has 0 saturated heterocycles. The third-order valence-corrected chi connectivity index (χ3v) is 4.42. The second kappa shape index (κ2) is 9.13. The van der Waals surface area contributed by atoms with Crippen LogP contribution in [0.4, 0.5) is 0 Å². The quantitative estimate of drug-likeness (QED) is 0.365. The number of amides is 1. The molecule has 8 nitrogen and oxygen atoms in total. The van der Waals surface area contributed by atoms with Crippen LogP contribution < -0.4 is 25.3 Å². The molecule has 1 amide bonds. The number of rotatable bonds is 7. The number of nitrogens with one attached hydrogen (secondary N) is 1. The number of hydrogen-bond acceptors (Lipinski definition) is 7. The van der Waals surface area contributed by atoms with Gasteiger partial charge >= 0.3 is 5.63 Å². The lowest BCUT2D eigenvalue weighted by Crippen LogP contribution is -2.20. The first-order valence-electron chi connectivity index (χ1n) is 9.10. The molecular weight excluding hydrogens is 388 g/mol. The van der Waals surface area contributed by atoms with E-state index in [9.17, 15) is 9.59 Å². The van der Waals surface area contributed by atoms with Gasteiger partial charge in [0.2, 0.25) is 11.7 Å². The molecule has 0 bridgehead atoms. The van der Waals surface area contributed by atoms with Crippen LogP contribution in [0.2, 0.25) is 0 Å². The number of fused-ring (bicyclic) bond motifs is 1. The number of benzene rings is 2. The largest absolute Gasteiger partial charge is 0.493 e. The van der Waals surface area contributed by atoms with Gasteiger partial charge in [-0.2, -0.15) is 5.10 Å². The molecule has 0 aliphatic carbocycles. The maximum absolute atomic E-state index is 12.4. The van der Waals surface area contributed by atoms with E-state index in [1.54, 1.807) is 18.2 Å². The summed E-state index contributed by atoms with van der Waals surface area (Å²) in [5.41, 5.74) is 4.62. The number of carbonyl (C=O) groups is 1. The summed E-state index contributed by atoms with van der Waals surface area (Å²) in [4.78, 5) is 24.1. The summed E-state index contributed by atoms with van der Waals surface area (Å²) in [6, 6.07) is 10.2. The zero-order chi connectivity index (χ0) is 21.7. The predicted octanol–water partition coefficient (Wildman–Crippen LogP) is 2.82. The van der Waals surface area contributed by atoms with Gasteiger partial charge in [-0.1, -0.05) is 11.6 Å². The molecular formula is C22H22N2O6. The molecule has 0 fully saturated rings. The number of ether oxygens (including phenoxy) is 3. The molecule has 0 aliphatic rings. The van der Waals surface area contributed by atoms with E-state index < -0.39 is 5.63 Å². The van der Waals surface area contributed by atoms with Crippen molar-refractivity contribution in [2.45, 2.75) is 13.3 Å². The Kier molecular flexibility index (Phi) is 6.36. The highest BCUT2D eigenvalue weighted by Gasteiger charge is 2.13. The number of carbonyl (C=O) groups excluding carboxylic acids is 1. The van der Waals surface area contributed by atoms with Gasteiger partial charge in [-0.15, -0.1) is 0 Å². The standard InChI is InChI=1S/C22H22N2O6/c1-13-5-6-17-16(7-13)15(11-21(26)30-17)10-20(25)24-23-12-14-8-18(27-2)22(29-4)19(9-14)28-3/h5-9,11-12H,10H2,1-4H3,(H,24,25)/b23-12+. The summed E-state index contributed by atoms with van der Waals surface area (Å²) in [5, 5.41) is 4.71. The van der Waals surface area contributed by atoms with Crippen LogP contribution in [0.5, 0.6) is 17.2 Å². The second-order valence-electron chi connectivity index (χ2n) is 6.52. The average molecular weight is 410 g/mol. The molecule has 8 heteroatoms. The Bertz CT molecular complexity index is 1140. The molecule has 0 aliphatic heterocycles. The third kappa shape index (κ3) is 4.60. The SMILES string of the molecule is COc1cc(/C=N/NC(=O)Cc2cc(=O)oc3ccc(C)cc23)cc(OC)c1OC. The predicted molar refractivity (Wildman–Crippen MR) is 113 cm³/mol. The Morgan fingerprint density at radius 2 is 1.77 bits per heavy atom. The second-order valence-corrected chi connectivity index (χ2v) is 6.52. The Labute approximate surface area is 173 Å². The molecule has 1 aromatic heterocycles. The van der Waals surface area contributed by atoms with Crippen LogP contribution in [0.1, 0.15) is 16.7 Å². The summed E-state index contributed by atoms with van der Waals surface area (Å²) in [6.45, 7) is 1.93. The fourth-order valence-corrected chi connectivity index (χ4v) is 3.06. The molecule has 0 radical (unpaired) electrons. The third-order valence-electron chi connectivity index (χ3n) is 4.42. The van der Waals surface area contributed by atoms with E-state index in [2.05, 4.69) is 10.5 Å². The molecule has 2 aromatic carbocycles. The minimum atomic E-state index is -0.505. The number of hydrogen-bond donors (Lipinski definition) is 1. The summed E-state index contributed by atoms with van der Waals surface area (Å²) >= 11 is 0. The first-order chi connectivity index (χ1) is 14.4. The van der Waals surface area contributed by atoms with Crippen LogP contribution >= 0.6 is 0 Å². The van der Waals surface area contributed by atoms with Crippen LogP contribution in [0, 0.1) is 6.92 Å². The van der Waals surface area contributed by atoms with Gasteiger partial charge in [-0.3, -0.25) is 4.79 Å². The van der Waals surface area contributed by atoms with Gasteiger partial charge in [0, 0.05) is 17.0 Å². The van der Waals surface area contributed by atoms with Crippen LogP contribution in [-0.4, -0.2) is 33.5 Å². The minimum absolute atomic E-state index is 0.0157. The molecule has 3 rings (SSSR count). The molecule has 1 heterocycles. The van der Waals surface area contributed by atoms with E-state index in [0.717, 1.165) is 10.9 Å². The molecule has 30 heavy (non-hydrogen) atoms. The van der Waals surface area contributed by atoms with Crippen molar-refractivity contribution in [3.8, 4) is 17.2 Å². The van der Waals surface area contributed by atoms with E-state index in [0.29, 0.717) is 34.0 Å². The fraction of sp³-hybridized carbons (Fsp3) is 0.227. The van der Waals surface area contributed by atoms with E-state index >= 15 is 0 Å². The van der Waals surface area contributed by atoms with Crippen LogP contribution in [-0.2, 0) is 11.2 Å². The fourth-order valence-electron chi connectivity index (χ4n) is 3.06. The first kappa shape index (κ1) is 20.9. The smallest absolute Gasteiger partial charge is 0.336 e. The molecule has 0 atom stereocenters. The van der Waals surface area contributed by atoms with Crippen molar-refractivity contribution < 1.29 is 23.4 Å². The Hall–Kier alpha value is -3.81. The molecule has 3 aromatic rings. The Morgan fingerprint density at radius 3 is 2.40 bits per heavy atom. The van der Waals surface area contributed by atoms with Gasteiger partial charge in [-0.05, 0) is 36.8 Å². The van der Waals surface area contributed by atoms with Gasteiger partial charge < -0.3 is 18.6 Å². The zero-order valence-electron chi connectivity index (χ0n) is 17.1. The van der Waals surface area contributed by atoms with E-state index in [1.807, 2.05) is 19.1 Å². The Balaban J connectivity index is 1.77. The summed E-state index contributed by atoms with van der Waals surface area (Å²) in [5.74, 6) is 1.04. The van der Waals surface area contributed by atoms with E-state index in [-0.39, 0.29) is 12.3 Å². The number of nitrogens with zero attached hydrogens (tertiary/aromatic N) is 1. The molecule has 0 spiro atoms. The zero-order valence-corrected chi connectivity index (χ0v) is 17.1. The highest BCUT2D eigenvalue weighted by molar-refractivity contribution is 5.88. The van der Waals surface area contributed by atoms with Crippen molar-refractivity contribution in [1.29, 1.82) is 0 Å². The van der Waals surface area contributed by atoms with Crippen molar-refractivity contribution in [1.82, 2.24) is 5.43 Å². The molecule has 1 N–H and O–H groups in total. The summed E-state index contributed by atoms with van der Waals surface area (Å²) < 4.78 is 21.1. The maximum Gasteiger partial charge on any atom is 0.336 e. The Morgan fingerprint density at radius 1 is 1.07 bits per heavy atom. The van der Waals surface area contributed by atoms with E-state index in [1.165, 1.54) is 33.6 Å². The normalized spacial score (nSPS) is 10.9. The van der Waals surface area contributed by atoms with Gasteiger partial charge in [0.15, 0.2) is 11.5 Å². The lowest BCUT2D eigenvalue weighted by molar-refractivity contribution is -0.120. The van der Waals surface area contributed by atoms with Crippen molar-refractivity contribution in [2.24, 2.45) is 5.10 Å². The topological polar surface area (TPSA) is 99.4 Å². The number of hydrazone groups is 1. The van der Waals surface area contributed by atoms with Crippen molar-refractivity contribution in [3.05, 3.63) is 63.5 Å². The van der Waals surface area contributed by atoms with E-state index in [4.69, 9.17) is 18.6 Å². The van der Waals surface area contributed by atoms with Crippen molar-refractivity contribution in [2.75, 3.05) is 21.3 Å². The maximum atomic E-state index is 12.4. The molecule has 0 saturated carbocycles. The van der Waals surface area contributed by atoms with Crippen LogP contribution in [0.3, 0.4) is 0 Å². The summed E-state index contributed by atoms with van der Waals surface area (Å²) in [7, 11) is 4.55. The highest BCUT2D eigenvalue weighted by atomic mass is 16.5. The lowest BCUT2D eigenvalue weighted by Gasteiger charge is -2.12. The van der Waals surface area contributed by atoms with Crippen LogP contribution in [0.25, 0.3) is 11.0 Å². The first-order valence-corrected chi connectivity index (χ1v) is 9.10. The minimum Gasteiger partial charge on any atom is -0.493 e. The number of aryl methyl sites for hydroxylation is 1. The lowest BCUT2D eigenvalue weighted by atomic mass is 10.1. The van der Waals surface area contributed by atoms with Crippen LogP contribution in [0.15, 0.2) is 50.7 Å². The number of methoxy groups -OCH3 is 3. The summed E-state index contributed by atoms with van der Waals surface area (Å²) in [6.07, 6.45) is 1.45. The van der Waals surface area contributed by atoms with Crippen molar-refractivity contribution >= 4 is 23.1 Å². The molecule has 156 valence electrons. The van der Waals surface area contributed by atoms with Crippen molar-refractivity contribution in [3.63, 3.8) is 0 Å². The van der Waals surface area contributed by atoms with Gasteiger partial charge in [-0.25, -0.2) is 10.2 Å². The molecule has 0 unspecified atom stereocenters. The monoisotopic (exact) mass is 410 g/mol. The van der Waals surface area contributed by atoms with Gasteiger partial charge in [0.05, 0.1) is 34.0 Å². The highest BCUT2D eigenvalue weighted by Crippen LogP contribution is 2.37. The van der Waals surface area contributed by atoms with Gasteiger partial charge in [0.1, 0.15) is 5.58 Å². The average Bonchev–Trinajstić information content (AvgIpc) is 2.73.